The van der Waals surface area contributed by atoms with Gasteiger partial charge in [0.05, 0.1) is 11.7 Å². The number of halogens is 1. The van der Waals surface area contributed by atoms with Gasteiger partial charge in [-0.05, 0) is 47.3 Å². The van der Waals surface area contributed by atoms with Gasteiger partial charge < -0.3 is 10.4 Å². The third-order valence-corrected chi connectivity index (χ3v) is 4.63. The number of aliphatic hydroxyl groups excluding tert-OH is 1. The number of nitrogens with one attached hydrogen (secondary N) is 1. The Morgan fingerprint density at radius 2 is 2.28 bits per heavy atom. The minimum atomic E-state index is -0.258. The highest BCUT2D eigenvalue weighted by Crippen LogP contribution is 2.25. The summed E-state index contributed by atoms with van der Waals surface area (Å²) in [5.74, 6) is 0.127. The molecule has 1 fully saturated rings. The topological polar surface area (TPSA) is 49.3 Å². The smallest absolute Gasteiger partial charge is 0.252 e. The van der Waals surface area contributed by atoms with Gasteiger partial charge in [0.1, 0.15) is 0 Å². The lowest BCUT2D eigenvalue weighted by molar-refractivity contribution is 0.0916. The lowest BCUT2D eigenvalue weighted by Gasteiger charge is -2.15. The van der Waals surface area contributed by atoms with E-state index < -0.39 is 0 Å². The van der Waals surface area contributed by atoms with E-state index in [4.69, 9.17) is 0 Å². The summed E-state index contributed by atoms with van der Waals surface area (Å²) >= 11 is 3.44. The summed E-state index contributed by atoms with van der Waals surface area (Å²) in [5.41, 5.74) is 1.70. The van der Waals surface area contributed by atoms with Gasteiger partial charge in [-0.25, -0.2) is 0 Å². The van der Waals surface area contributed by atoms with Crippen molar-refractivity contribution in [1.82, 2.24) is 5.32 Å². The summed E-state index contributed by atoms with van der Waals surface area (Å²) in [6.07, 6.45) is 2.65. The van der Waals surface area contributed by atoms with E-state index >= 15 is 0 Å². The van der Waals surface area contributed by atoms with Crippen LogP contribution < -0.4 is 5.32 Å². The van der Waals surface area contributed by atoms with Gasteiger partial charge >= 0.3 is 0 Å². The number of carbonyl (C=O) groups is 1. The predicted octanol–water partition coefficient (Wildman–Crippen LogP) is 2.65. The molecular weight excluding hydrogens is 294 g/mol. The van der Waals surface area contributed by atoms with Crippen molar-refractivity contribution >= 4 is 21.8 Å². The van der Waals surface area contributed by atoms with Crippen molar-refractivity contribution in [3.63, 3.8) is 0 Å². The highest BCUT2D eigenvalue weighted by atomic mass is 79.9. The second-order valence-corrected chi connectivity index (χ2v) is 5.70. The molecule has 2 unspecified atom stereocenters. The SMILES string of the molecule is Cc1cccc(C(=O)NCC2CCCC2O)c1Br. The van der Waals surface area contributed by atoms with Crippen LogP contribution in [-0.4, -0.2) is 23.7 Å². The molecule has 98 valence electrons. The molecule has 1 aromatic carbocycles. The molecule has 4 heteroatoms. The maximum atomic E-state index is 12.1. The standard InChI is InChI=1S/C14H18BrNO2/c1-9-4-2-6-11(13(9)15)14(18)16-8-10-5-3-7-12(10)17/h2,4,6,10,12,17H,3,5,7-8H2,1H3,(H,16,18). The van der Waals surface area contributed by atoms with Crippen molar-refractivity contribution in [3.05, 3.63) is 33.8 Å². The number of aryl methyl sites for hydroxylation is 1. The van der Waals surface area contributed by atoms with Gasteiger partial charge in [0.15, 0.2) is 0 Å². The average Bonchev–Trinajstić information content (AvgIpc) is 2.75. The van der Waals surface area contributed by atoms with E-state index in [9.17, 15) is 9.90 Å². The lowest BCUT2D eigenvalue weighted by Crippen LogP contribution is -2.32. The zero-order valence-corrected chi connectivity index (χ0v) is 12.0. The van der Waals surface area contributed by atoms with E-state index in [0.717, 1.165) is 29.3 Å². The van der Waals surface area contributed by atoms with E-state index in [0.29, 0.717) is 12.1 Å². The molecule has 0 bridgehead atoms. The Labute approximate surface area is 116 Å². The number of benzene rings is 1. The molecule has 1 saturated carbocycles. The number of hydrogen-bond donors (Lipinski definition) is 2. The number of hydrogen-bond acceptors (Lipinski definition) is 2. The lowest BCUT2D eigenvalue weighted by atomic mass is 10.1. The monoisotopic (exact) mass is 311 g/mol. The minimum absolute atomic E-state index is 0.0790. The fourth-order valence-corrected chi connectivity index (χ4v) is 2.84. The van der Waals surface area contributed by atoms with Crippen LogP contribution in [0.15, 0.2) is 22.7 Å². The Kier molecular flexibility index (Phi) is 4.40. The van der Waals surface area contributed by atoms with Crippen LogP contribution in [0.5, 0.6) is 0 Å². The van der Waals surface area contributed by atoms with Gasteiger partial charge in [0, 0.05) is 16.9 Å². The van der Waals surface area contributed by atoms with E-state index in [1.165, 1.54) is 0 Å². The average molecular weight is 312 g/mol. The van der Waals surface area contributed by atoms with Crippen molar-refractivity contribution in [1.29, 1.82) is 0 Å². The van der Waals surface area contributed by atoms with Crippen LogP contribution in [0, 0.1) is 12.8 Å². The van der Waals surface area contributed by atoms with Crippen LogP contribution in [0.3, 0.4) is 0 Å². The summed E-state index contributed by atoms with van der Waals surface area (Å²) in [5, 5.41) is 12.6. The van der Waals surface area contributed by atoms with Crippen LogP contribution in [0.25, 0.3) is 0 Å². The number of carbonyl (C=O) groups excluding carboxylic acids is 1. The van der Waals surface area contributed by atoms with Crippen LogP contribution in [-0.2, 0) is 0 Å². The van der Waals surface area contributed by atoms with E-state index in [1.807, 2.05) is 19.1 Å². The summed E-state index contributed by atoms with van der Waals surface area (Å²) in [6, 6.07) is 5.64. The Morgan fingerprint density at radius 3 is 2.94 bits per heavy atom. The summed E-state index contributed by atoms with van der Waals surface area (Å²) in [4.78, 5) is 12.1. The summed E-state index contributed by atoms with van der Waals surface area (Å²) in [7, 11) is 0. The Hall–Kier alpha value is -0.870. The summed E-state index contributed by atoms with van der Waals surface area (Å²) < 4.78 is 0.842. The fourth-order valence-electron chi connectivity index (χ4n) is 2.40. The number of aliphatic hydroxyl groups is 1. The maximum absolute atomic E-state index is 12.1. The zero-order valence-electron chi connectivity index (χ0n) is 10.4. The molecule has 2 atom stereocenters. The van der Waals surface area contributed by atoms with E-state index in [1.54, 1.807) is 6.07 Å². The van der Waals surface area contributed by atoms with Crippen molar-refractivity contribution in [2.24, 2.45) is 5.92 Å². The predicted molar refractivity (Wildman–Crippen MR) is 74.6 cm³/mol. The van der Waals surface area contributed by atoms with Crippen LogP contribution in [0.4, 0.5) is 0 Å². The van der Waals surface area contributed by atoms with Gasteiger partial charge in [0.25, 0.3) is 5.91 Å². The third kappa shape index (κ3) is 2.93. The van der Waals surface area contributed by atoms with Gasteiger partial charge in [-0.2, -0.15) is 0 Å². The Bertz CT molecular complexity index is 447. The summed E-state index contributed by atoms with van der Waals surface area (Å²) in [6.45, 7) is 2.52. The molecule has 2 rings (SSSR count). The molecule has 0 radical (unpaired) electrons. The van der Waals surface area contributed by atoms with Gasteiger partial charge in [-0.3, -0.25) is 4.79 Å². The molecule has 0 aliphatic heterocycles. The van der Waals surface area contributed by atoms with Gasteiger partial charge in [0.2, 0.25) is 0 Å². The normalized spacial score (nSPS) is 23.1. The quantitative estimate of drug-likeness (QED) is 0.901. The first-order valence-corrected chi connectivity index (χ1v) is 7.10. The van der Waals surface area contributed by atoms with Crippen molar-refractivity contribution in [2.75, 3.05) is 6.54 Å². The molecule has 1 aromatic rings. The number of amides is 1. The van der Waals surface area contributed by atoms with Crippen LogP contribution >= 0.6 is 15.9 Å². The minimum Gasteiger partial charge on any atom is -0.393 e. The molecule has 18 heavy (non-hydrogen) atoms. The van der Waals surface area contributed by atoms with Crippen molar-refractivity contribution < 1.29 is 9.90 Å². The molecule has 1 aliphatic rings. The first-order valence-electron chi connectivity index (χ1n) is 6.31. The highest BCUT2D eigenvalue weighted by molar-refractivity contribution is 9.10. The van der Waals surface area contributed by atoms with Crippen LogP contribution in [0.1, 0.15) is 35.2 Å². The van der Waals surface area contributed by atoms with E-state index in [2.05, 4.69) is 21.2 Å². The Morgan fingerprint density at radius 1 is 1.50 bits per heavy atom. The second kappa shape index (κ2) is 5.85. The van der Waals surface area contributed by atoms with Crippen molar-refractivity contribution in [2.45, 2.75) is 32.3 Å². The van der Waals surface area contributed by atoms with Crippen molar-refractivity contribution in [3.8, 4) is 0 Å². The van der Waals surface area contributed by atoms with Crippen LogP contribution in [0.2, 0.25) is 0 Å². The third-order valence-electron chi connectivity index (χ3n) is 3.58. The molecule has 2 N–H and O–H groups in total. The first kappa shape index (κ1) is 13.6. The highest BCUT2D eigenvalue weighted by Gasteiger charge is 2.25. The zero-order chi connectivity index (χ0) is 13.1. The Balaban J connectivity index is 1.97. The molecule has 1 aliphatic carbocycles. The molecule has 0 saturated heterocycles. The molecule has 3 nitrogen and oxygen atoms in total. The maximum Gasteiger partial charge on any atom is 0.252 e. The molecule has 0 aromatic heterocycles. The van der Waals surface area contributed by atoms with Gasteiger partial charge in [-0.15, -0.1) is 0 Å². The molecule has 1 amide bonds. The molecule has 0 spiro atoms. The fraction of sp³-hybridized carbons (Fsp3) is 0.500. The molecule has 0 heterocycles. The van der Waals surface area contributed by atoms with Gasteiger partial charge in [-0.1, -0.05) is 18.6 Å². The van der Waals surface area contributed by atoms with E-state index in [-0.39, 0.29) is 17.9 Å². The molecular formula is C14H18BrNO2. The largest absolute Gasteiger partial charge is 0.393 e. The second-order valence-electron chi connectivity index (χ2n) is 4.90. The first-order chi connectivity index (χ1) is 8.59. The number of rotatable bonds is 3.